The van der Waals surface area contributed by atoms with Gasteiger partial charge in [0.1, 0.15) is 103 Å². The molecule has 14 unspecified atom stereocenters. The molecule has 12 heteroatoms. The van der Waals surface area contributed by atoms with Crippen LogP contribution in [0, 0.1) is 35.5 Å². The van der Waals surface area contributed by atoms with Gasteiger partial charge in [0, 0.05) is 146 Å². The first-order valence-corrected chi connectivity index (χ1v) is 49.5. The lowest BCUT2D eigenvalue weighted by molar-refractivity contribution is 0.0104. The highest BCUT2D eigenvalue weighted by molar-refractivity contribution is 5.61. The molecule has 12 aliphatic rings. The topological polar surface area (TPSA) is 177 Å². The van der Waals surface area contributed by atoms with E-state index in [1.165, 1.54) is 22.8 Å². The van der Waals surface area contributed by atoms with Crippen molar-refractivity contribution in [2.75, 3.05) is 0 Å². The minimum atomic E-state index is -3.00. The molecule has 0 saturated heterocycles. The van der Waals surface area contributed by atoms with Crippen molar-refractivity contribution in [1.29, 1.82) is 0 Å². The van der Waals surface area contributed by atoms with Crippen molar-refractivity contribution in [1.82, 2.24) is 0 Å². The van der Waals surface area contributed by atoms with Crippen molar-refractivity contribution in [2.45, 2.75) is 375 Å². The number of benzene rings is 8. The smallest absolute Gasteiger partial charge is 0.127 e. The number of phenols is 6. The first-order chi connectivity index (χ1) is 76.9. The quantitative estimate of drug-likeness (QED) is 0.0569. The third-order valence-electron chi connectivity index (χ3n) is 30.2. The summed E-state index contributed by atoms with van der Waals surface area (Å²) in [6.45, 7) is -1.44. The summed E-state index contributed by atoms with van der Waals surface area (Å²) in [6.07, 6.45) is 26.5. The van der Waals surface area contributed by atoms with Crippen molar-refractivity contribution >= 4 is 0 Å². The van der Waals surface area contributed by atoms with E-state index >= 15 is 0 Å². The second-order valence-electron chi connectivity index (χ2n) is 41.5. The van der Waals surface area contributed by atoms with Gasteiger partial charge in [0.2, 0.25) is 0 Å². The first-order valence-electron chi connectivity index (χ1n) is 64.5. The molecule has 0 saturated carbocycles. The van der Waals surface area contributed by atoms with Gasteiger partial charge >= 0.3 is 0 Å². The predicted octanol–water partition coefficient (Wildman–Crippen LogP) is 31.4. The SMILES string of the molecule is [2H]C([2H])([2H])C1(C([2H])([2H])[2H])Oc2cc(CCC)cc(O)c2C2C=C(C)CCC21.[2H]C([2H])([2H])C1(C)Oc2cc(CCc3ccccc3)cc(O)c2C2C=C(C)CCC21.[2H]C([2H])([2H])C1=CC2c3c(O)cc(CCC)cc3OC(C([2H])([2H])[2H])(C([2H])([2H])[2H])C2CC1.[2H]C([2H])([2H])C1=CC2c3c(O)cc(CCC)cc3OC(C)(C([2H])([2H])[2H])C2CC1.[2H]C([2H])([2H])C1=CC2c3c(O)cc(CCC)cc3OC(C)(C)C2CC1.[2H]C([2H])([2H])C1=CC2c3c(O)cc(CCc4ccccc4)cc3OC(C)(C)C2CC1. The van der Waals surface area contributed by atoms with Crippen molar-refractivity contribution in [3.05, 3.63) is 281 Å². The molecule has 14 atom stereocenters. The molecule has 0 spiro atoms. The summed E-state index contributed by atoms with van der Waals surface area (Å²) in [6, 6.07) is 41.8. The van der Waals surface area contributed by atoms with Gasteiger partial charge in [0.05, 0.1) is 0 Å². The summed E-state index contributed by atoms with van der Waals surface area (Å²) >= 11 is 0. The Kier molecular flexibility index (Phi) is 20.5. The molecular formula is C124H160O12. The lowest BCUT2D eigenvalue weighted by Gasteiger charge is -2.46. The van der Waals surface area contributed by atoms with Crippen molar-refractivity contribution in [3.63, 3.8) is 0 Å². The van der Waals surface area contributed by atoms with Gasteiger partial charge in [-0.05, 0) is 370 Å². The molecule has 6 N–H and O–H groups in total. The maximum atomic E-state index is 10.9. The Morgan fingerprint density at radius 1 is 0.250 bits per heavy atom. The normalized spacial score (nSPS) is 30.9. The second kappa shape index (κ2) is 41.1. The number of aromatic hydroxyl groups is 6. The molecule has 0 amide bonds. The number of hydrogen-bond acceptors (Lipinski definition) is 12. The van der Waals surface area contributed by atoms with Gasteiger partial charge in [-0.1, -0.05) is 184 Å². The van der Waals surface area contributed by atoms with Crippen LogP contribution in [0.1, 0.15) is 409 Å². The average Bonchev–Trinajstić information content (AvgIpc) is 0.694. The fourth-order valence-corrected chi connectivity index (χ4v) is 23.4. The average molecular weight is 1870 g/mol. The molecule has 0 bridgehead atoms. The van der Waals surface area contributed by atoms with Gasteiger partial charge in [-0.2, -0.15) is 0 Å². The summed E-state index contributed by atoms with van der Waals surface area (Å²) in [4.78, 5) is 0. The Bertz CT molecular complexity index is 7020. The predicted molar refractivity (Wildman–Crippen MR) is 556 cm³/mol. The minimum absolute atomic E-state index is 0.00464. The van der Waals surface area contributed by atoms with Crippen LogP contribution in [0.15, 0.2) is 203 Å². The standard InChI is InChI=1S/2C24H28O2.4C19H26O2/c2*1-16-9-12-20-19(13-16)23-21(25)14-18(15-22(23)26-24(20,2)3)11-10-17-7-5-4-6-8-17;4*1-5-6-13-10-16(20)18-14-9-12(2)7-8-15(14)19(3,4)21-17(18)11-13/h2*4-8,13-15,19-20,25H,9-12H2,1-3H3;4*9-11,14-15,20H,5-8H2,1-4H3/i2D3;1D3;2D3,3D3,4D3;3D3,4D3;2D3,3D3;2D3. The molecule has 0 aromatic heterocycles. The summed E-state index contributed by atoms with van der Waals surface area (Å²) < 4.78 is 276. The monoisotopic (exact) mass is 1870 g/mol. The Morgan fingerprint density at radius 3 is 0.669 bits per heavy atom. The number of allylic oxidation sites excluding steroid dienone is 12. The fraction of sp³-hybridized carbons (Fsp3) is 0.516. The van der Waals surface area contributed by atoms with Crippen LogP contribution in [0.3, 0.4) is 0 Å². The van der Waals surface area contributed by atoms with E-state index in [0.717, 1.165) is 140 Å². The maximum absolute atomic E-state index is 10.9. The lowest BCUT2D eigenvalue weighted by Crippen LogP contribution is -2.45. The van der Waals surface area contributed by atoms with Crippen LogP contribution >= 0.6 is 0 Å². The van der Waals surface area contributed by atoms with Gasteiger partial charge in [-0.25, -0.2) is 0 Å². The van der Waals surface area contributed by atoms with E-state index in [9.17, 15) is 30.6 Å². The largest absolute Gasteiger partial charge is 0.507 e. The molecule has 6 aliphatic carbocycles. The van der Waals surface area contributed by atoms with E-state index in [1.54, 1.807) is 62.4 Å². The van der Waals surface area contributed by atoms with Crippen LogP contribution in [-0.4, -0.2) is 64.2 Å². The number of hydrogen-bond donors (Lipinski definition) is 6. The first kappa shape index (κ1) is 68.0. The van der Waals surface area contributed by atoms with Gasteiger partial charge in [0.15, 0.2) is 0 Å². The molecule has 136 heavy (non-hydrogen) atoms. The molecule has 0 radical (unpaired) electrons. The molecule has 0 fully saturated rings. The molecular weight excluding hydrogens is 1680 g/mol. The number of fused-ring (bicyclic) bond motifs is 18. The molecule has 8 aromatic carbocycles. The highest BCUT2D eigenvalue weighted by atomic mass is 16.5. The molecule has 6 heterocycles. The van der Waals surface area contributed by atoms with E-state index in [1.807, 2.05) is 113 Å². The van der Waals surface area contributed by atoms with Gasteiger partial charge in [0.25, 0.3) is 0 Å². The molecule has 728 valence electrons. The zero-order valence-electron chi connectivity index (χ0n) is 111. The molecule has 8 aromatic rings. The van der Waals surface area contributed by atoms with Crippen LogP contribution < -0.4 is 28.4 Å². The van der Waals surface area contributed by atoms with Crippen molar-refractivity contribution in [2.24, 2.45) is 35.5 Å². The highest BCUT2D eigenvalue weighted by Crippen LogP contribution is 2.61. The van der Waals surface area contributed by atoms with E-state index in [0.29, 0.717) is 108 Å². The van der Waals surface area contributed by atoms with Crippen LogP contribution in [0.5, 0.6) is 69.0 Å². The number of ether oxygens (including phenoxy) is 6. The Hall–Kier alpha value is -10.2. The fourth-order valence-electron chi connectivity index (χ4n) is 23.4. The zero-order chi connectivity index (χ0) is 122. The summed E-state index contributed by atoms with van der Waals surface area (Å²) in [5.74, 6) is -1.40. The van der Waals surface area contributed by atoms with Crippen LogP contribution in [0.4, 0.5) is 0 Å². The molecule has 6 aliphatic heterocycles. The summed E-state index contributed by atoms with van der Waals surface area (Å²) in [5.41, 5.74) is 6.78. The summed E-state index contributed by atoms with van der Waals surface area (Å²) in [5, 5.41) is 64.5. The Morgan fingerprint density at radius 2 is 0.441 bits per heavy atom. The third-order valence-corrected chi connectivity index (χ3v) is 30.2. The molecule has 20 rings (SSSR count). The maximum Gasteiger partial charge on any atom is 0.127 e. The number of rotatable bonds is 14. The molecule has 12 nitrogen and oxygen atoms in total. The van der Waals surface area contributed by atoms with Crippen LogP contribution in [-0.2, 0) is 51.4 Å². The van der Waals surface area contributed by atoms with Gasteiger partial charge < -0.3 is 59.1 Å². The summed E-state index contributed by atoms with van der Waals surface area (Å²) in [7, 11) is 0. The van der Waals surface area contributed by atoms with Crippen molar-refractivity contribution in [3.8, 4) is 69.0 Å². The Labute approximate surface area is 857 Å². The van der Waals surface area contributed by atoms with Crippen molar-refractivity contribution < 1.29 is 100 Å². The highest BCUT2D eigenvalue weighted by Gasteiger charge is 2.52. The zero-order valence-corrected chi connectivity index (χ0v) is 81.2. The van der Waals surface area contributed by atoms with E-state index in [2.05, 4.69) is 71.9 Å². The van der Waals surface area contributed by atoms with E-state index < -0.39 is 132 Å². The minimum Gasteiger partial charge on any atom is -0.507 e. The van der Waals surface area contributed by atoms with Crippen LogP contribution in [0.2, 0.25) is 0 Å². The van der Waals surface area contributed by atoms with Crippen LogP contribution in [0.25, 0.3) is 0 Å². The van der Waals surface area contributed by atoms with Gasteiger partial charge in [-0.15, -0.1) is 0 Å². The Balaban J connectivity index is 0.000000147. The third kappa shape index (κ3) is 21.9. The lowest BCUT2D eigenvalue weighted by atomic mass is 9.68. The second-order valence-corrected chi connectivity index (χ2v) is 41.5. The van der Waals surface area contributed by atoms with Gasteiger partial charge in [-0.3, -0.25) is 0 Å². The number of phenolic OH excluding ortho intramolecular Hbond substituents is 6. The van der Waals surface area contributed by atoms with E-state index in [-0.39, 0.29) is 111 Å². The number of aryl methyl sites for hydroxylation is 8. The van der Waals surface area contributed by atoms with E-state index in [4.69, 9.17) is 69.5 Å².